The Morgan fingerprint density at radius 3 is 2.88 bits per heavy atom. The van der Waals surface area contributed by atoms with E-state index < -0.39 is 0 Å². The zero-order valence-corrected chi connectivity index (χ0v) is 5.65. The number of hydrogen-bond donors (Lipinski definition) is 0. The molecule has 0 bridgehead atoms. The summed E-state index contributed by atoms with van der Waals surface area (Å²) in [4.78, 5) is 6.22. The summed E-state index contributed by atoms with van der Waals surface area (Å²) in [6, 6.07) is 0. The minimum absolute atomic E-state index is 0.552. The van der Waals surface area contributed by atoms with Gasteiger partial charge in [-0.2, -0.15) is 0 Å². The van der Waals surface area contributed by atoms with Crippen molar-refractivity contribution in [1.82, 2.24) is 4.90 Å². The first kappa shape index (κ1) is 5.89. The van der Waals surface area contributed by atoms with E-state index in [-0.39, 0.29) is 0 Å². The first-order valence-corrected chi connectivity index (χ1v) is 3.18. The zero-order chi connectivity index (χ0) is 5.98. The van der Waals surface area contributed by atoms with E-state index in [2.05, 4.69) is 9.89 Å². The highest BCUT2D eigenvalue weighted by Crippen LogP contribution is 1.98. The van der Waals surface area contributed by atoms with Crippen molar-refractivity contribution in [2.24, 2.45) is 4.99 Å². The van der Waals surface area contributed by atoms with Gasteiger partial charge in [0.25, 0.3) is 0 Å². The van der Waals surface area contributed by atoms with Crippen LogP contribution in [-0.2, 0) is 0 Å². The minimum Gasteiger partial charge on any atom is -0.361 e. The van der Waals surface area contributed by atoms with Crippen LogP contribution < -0.4 is 0 Å². The van der Waals surface area contributed by atoms with Gasteiger partial charge in [0.15, 0.2) is 0 Å². The smallest absolute Gasteiger partial charge is 0.114 e. The molecule has 0 fully saturated rings. The maximum absolute atomic E-state index is 5.53. The minimum atomic E-state index is 0.552. The highest BCUT2D eigenvalue weighted by molar-refractivity contribution is 6.28. The molecular formula is C5H9ClN2. The van der Waals surface area contributed by atoms with Gasteiger partial charge < -0.3 is 4.90 Å². The Hall–Kier alpha value is -0.240. The quantitative estimate of drug-likeness (QED) is 0.477. The van der Waals surface area contributed by atoms with Crippen molar-refractivity contribution in [3.63, 3.8) is 0 Å². The van der Waals surface area contributed by atoms with E-state index in [0.717, 1.165) is 18.9 Å². The van der Waals surface area contributed by atoms with Crippen LogP contribution in [0.1, 0.15) is 0 Å². The van der Waals surface area contributed by atoms with Gasteiger partial charge in [-0.1, -0.05) is 0 Å². The molecule has 0 saturated heterocycles. The molecule has 1 heterocycles. The maximum Gasteiger partial charge on any atom is 0.114 e. The molecule has 0 aromatic heterocycles. The summed E-state index contributed by atoms with van der Waals surface area (Å²) in [6.07, 6.45) is 0. The Balaban J connectivity index is 2.49. The van der Waals surface area contributed by atoms with Gasteiger partial charge in [-0.05, 0) is 0 Å². The van der Waals surface area contributed by atoms with E-state index in [0.29, 0.717) is 5.88 Å². The van der Waals surface area contributed by atoms with Crippen molar-refractivity contribution in [1.29, 1.82) is 0 Å². The summed E-state index contributed by atoms with van der Waals surface area (Å²) in [5.41, 5.74) is 0. The van der Waals surface area contributed by atoms with Crippen LogP contribution in [0.15, 0.2) is 4.99 Å². The second-order valence-corrected chi connectivity index (χ2v) is 2.12. The molecule has 1 aliphatic heterocycles. The maximum atomic E-state index is 5.53. The molecule has 0 radical (unpaired) electrons. The van der Waals surface area contributed by atoms with Crippen LogP contribution >= 0.6 is 11.6 Å². The largest absolute Gasteiger partial charge is 0.361 e. The number of amidine groups is 1. The standard InChI is InChI=1S/C5H9ClN2/c1-8-3-2-7-5(8)4-6/h2-4H2,1H3. The fraction of sp³-hybridized carbons (Fsp3) is 0.800. The third-order valence-electron chi connectivity index (χ3n) is 1.29. The third-order valence-corrected chi connectivity index (χ3v) is 1.53. The van der Waals surface area contributed by atoms with E-state index in [1.165, 1.54) is 0 Å². The van der Waals surface area contributed by atoms with E-state index in [1.807, 2.05) is 7.05 Å². The molecule has 0 unspecified atom stereocenters. The lowest BCUT2D eigenvalue weighted by Crippen LogP contribution is -2.23. The number of aliphatic imine (C=N–C) groups is 1. The van der Waals surface area contributed by atoms with Gasteiger partial charge in [-0.25, -0.2) is 0 Å². The van der Waals surface area contributed by atoms with Gasteiger partial charge in [-0.15, -0.1) is 11.6 Å². The molecule has 0 saturated carbocycles. The number of alkyl halides is 1. The number of nitrogens with zero attached hydrogens (tertiary/aromatic N) is 2. The van der Waals surface area contributed by atoms with Crippen LogP contribution in [0.5, 0.6) is 0 Å². The molecule has 1 rings (SSSR count). The van der Waals surface area contributed by atoms with E-state index in [9.17, 15) is 0 Å². The Kier molecular flexibility index (Phi) is 1.73. The Morgan fingerprint density at radius 2 is 2.62 bits per heavy atom. The highest BCUT2D eigenvalue weighted by atomic mass is 35.5. The lowest BCUT2D eigenvalue weighted by molar-refractivity contribution is 0.554. The molecule has 0 atom stereocenters. The van der Waals surface area contributed by atoms with Crippen LogP contribution in [-0.4, -0.2) is 36.8 Å². The molecule has 0 aliphatic carbocycles. The van der Waals surface area contributed by atoms with Crippen molar-refractivity contribution in [3.05, 3.63) is 0 Å². The van der Waals surface area contributed by atoms with Gasteiger partial charge >= 0.3 is 0 Å². The van der Waals surface area contributed by atoms with E-state index in [4.69, 9.17) is 11.6 Å². The summed E-state index contributed by atoms with van der Waals surface area (Å²) < 4.78 is 0. The fourth-order valence-electron chi connectivity index (χ4n) is 0.723. The molecule has 1 aliphatic rings. The SMILES string of the molecule is CN1CCN=C1CCl. The lowest BCUT2D eigenvalue weighted by atomic mass is 10.6. The Morgan fingerprint density at radius 1 is 1.88 bits per heavy atom. The third kappa shape index (κ3) is 0.944. The van der Waals surface area contributed by atoms with Gasteiger partial charge in [0, 0.05) is 13.6 Å². The van der Waals surface area contributed by atoms with Crippen molar-refractivity contribution < 1.29 is 0 Å². The molecule has 0 aromatic rings. The second-order valence-electron chi connectivity index (χ2n) is 1.85. The zero-order valence-electron chi connectivity index (χ0n) is 4.89. The van der Waals surface area contributed by atoms with Crippen molar-refractivity contribution in [2.75, 3.05) is 26.0 Å². The molecule has 0 amide bonds. The average molecular weight is 133 g/mol. The van der Waals surface area contributed by atoms with Gasteiger partial charge in [0.2, 0.25) is 0 Å². The van der Waals surface area contributed by atoms with Crippen molar-refractivity contribution in [3.8, 4) is 0 Å². The molecule has 0 aromatic carbocycles. The summed E-state index contributed by atoms with van der Waals surface area (Å²) in [5, 5.41) is 0. The van der Waals surface area contributed by atoms with Gasteiger partial charge in [0.1, 0.15) is 5.84 Å². The second kappa shape index (κ2) is 2.35. The molecule has 8 heavy (non-hydrogen) atoms. The Labute approximate surface area is 54.2 Å². The molecule has 2 nitrogen and oxygen atoms in total. The van der Waals surface area contributed by atoms with Gasteiger partial charge in [-0.3, -0.25) is 4.99 Å². The van der Waals surface area contributed by atoms with Crippen LogP contribution in [0.4, 0.5) is 0 Å². The topological polar surface area (TPSA) is 15.6 Å². The van der Waals surface area contributed by atoms with E-state index in [1.54, 1.807) is 0 Å². The summed E-state index contributed by atoms with van der Waals surface area (Å²) in [7, 11) is 2.01. The predicted octanol–water partition coefficient (Wildman–Crippen LogP) is 0.569. The van der Waals surface area contributed by atoms with Crippen LogP contribution in [0.25, 0.3) is 0 Å². The number of rotatable bonds is 1. The van der Waals surface area contributed by atoms with E-state index >= 15 is 0 Å². The molecule has 46 valence electrons. The number of halogens is 1. The molecule has 0 spiro atoms. The van der Waals surface area contributed by atoms with Crippen LogP contribution in [0.3, 0.4) is 0 Å². The normalized spacial score (nSPS) is 19.2. The number of hydrogen-bond acceptors (Lipinski definition) is 2. The summed E-state index contributed by atoms with van der Waals surface area (Å²) in [5.74, 6) is 1.57. The molecule has 0 N–H and O–H groups in total. The molecule has 3 heteroatoms. The molecular weight excluding hydrogens is 124 g/mol. The van der Waals surface area contributed by atoms with Crippen LogP contribution in [0, 0.1) is 0 Å². The number of likely N-dealkylation sites (N-methyl/N-ethyl adjacent to an activating group) is 1. The summed E-state index contributed by atoms with van der Waals surface area (Å²) in [6.45, 7) is 1.95. The van der Waals surface area contributed by atoms with Gasteiger partial charge in [0.05, 0.1) is 12.4 Å². The van der Waals surface area contributed by atoms with Crippen LogP contribution in [0.2, 0.25) is 0 Å². The van der Waals surface area contributed by atoms with Crippen molar-refractivity contribution >= 4 is 17.4 Å². The Bertz CT molecular complexity index is 111. The summed E-state index contributed by atoms with van der Waals surface area (Å²) >= 11 is 5.53. The first-order valence-electron chi connectivity index (χ1n) is 2.65. The first-order chi connectivity index (χ1) is 3.84. The highest BCUT2D eigenvalue weighted by Gasteiger charge is 2.08. The monoisotopic (exact) mass is 132 g/mol. The van der Waals surface area contributed by atoms with Crippen molar-refractivity contribution in [2.45, 2.75) is 0 Å². The fourth-order valence-corrected chi connectivity index (χ4v) is 1.01. The predicted molar refractivity (Wildman–Crippen MR) is 35.7 cm³/mol. The lowest BCUT2D eigenvalue weighted by Gasteiger charge is -2.09. The average Bonchev–Trinajstić information content (AvgIpc) is 2.14.